The van der Waals surface area contributed by atoms with E-state index in [2.05, 4.69) is 86.0 Å². The van der Waals surface area contributed by atoms with Gasteiger partial charge in [-0.1, -0.05) is 92.7 Å². The largest absolute Gasteiger partial charge is 0.453 e. The number of aromatic amines is 1. The molecule has 7 aromatic rings. The quantitative estimate of drug-likeness (QED) is 0.0920. The van der Waals surface area contributed by atoms with Crippen LogP contribution in [0.15, 0.2) is 132 Å². The number of carbonyl (C=O) groups excluding carboxylic acids is 2. The Labute approximate surface area is 335 Å². The number of carbonyl (C=O) groups is 2. The zero-order valence-electron chi connectivity index (χ0n) is 31.3. The maximum atomic E-state index is 14.1. The van der Waals surface area contributed by atoms with Gasteiger partial charge in [0, 0.05) is 21.0 Å². The molecule has 292 valence electrons. The van der Waals surface area contributed by atoms with Gasteiger partial charge in [-0.05, 0) is 65.4 Å². The highest BCUT2D eigenvalue weighted by Crippen LogP contribution is 2.35. The second-order valence-corrected chi connectivity index (χ2v) is 16.2. The Morgan fingerprint density at radius 3 is 2.21 bits per heavy atom. The smallest absolute Gasteiger partial charge is 0.407 e. The molecule has 7 rings (SSSR count). The molecule has 56 heavy (non-hydrogen) atoms. The van der Waals surface area contributed by atoms with E-state index in [9.17, 15) is 23.1 Å². The van der Waals surface area contributed by atoms with E-state index in [-0.39, 0.29) is 24.5 Å². The highest BCUT2D eigenvalue weighted by Gasteiger charge is 2.34. The minimum atomic E-state index is -4.10. The summed E-state index contributed by atoms with van der Waals surface area (Å²) in [5.74, 6) is -0.412. The van der Waals surface area contributed by atoms with Crippen molar-refractivity contribution in [3.63, 3.8) is 0 Å². The Hall–Kier alpha value is -5.38. The second-order valence-electron chi connectivity index (χ2n) is 12.2. The maximum Gasteiger partial charge on any atom is 0.407 e. The molecule has 0 spiro atoms. The van der Waals surface area contributed by atoms with Crippen molar-refractivity contribution in [2.24, 2.45) is 0 Å². The Morgan fingerprint density at radius 2 is 1.55 bits per heavy atom. The molecule has 0 saturated carbocycles. The summed E-state index contributed by atoms with van der Waals surface area (Å²) in [4.78, 5) is 32.2. The zero-order chi connectivity index (χ0) is 39.9. The van der Waals surface area contributed by atoms with E-state index in [0.29, 0.717) is 16.1 Å². The molecular weight excluding hydrogens is 767 g/mol. The number of hydrogen-bond donors (Lipinski definition) is 4. The number of rotatable bonds is 13. The van der Waals surface area contributed by atoms with Gasteiger partial charge in [0.05, 0.1) is 53.5 Å². The third-order valence-corrected chi connectivity index (χ3v) is 12.3. The number of aromatic nitrogens is 2. The molecule has 0 bridgehead atoms. The number of alkyl carbamates (subject to hydrolysis) is 1. The number of H-pyrrole nitrogens is 1. The average molecular weight is 812 g/mol. The van der Waals surface area contributed by atoms with Crippen LogP contribution in [-0.2, 0) is 39.1 Å². The highest BCUT2D eigenvalue weighted by atomic mass is 32.2. The first-order chi connectivity index (χ1) is 27.2. The molecule has 2 amide bonds. The van der Waals surface area contributed by atoms with E-state index in [4.69, 9.17) is 0 Å². The molecular formula is C42H45N5O6S3. The molecule has 0 aliphatic carbocycles. The molecule has 4 N–H and O–H groups in total. The summed E-state index contributed by atoms with van der Waals surface area (Å²) in [5.41, 5.74) is 6.53. The van der Waals surface area contributed by atoms with Crippen molar-refractivity contribution in [2.45, 2.75) is 44.3 Å². The number of thiophene rings is 1. The molecule has 0 saturated heterocycles. The number of methoxy groups -OCH3 is 1. The number of ether oxygens (including phenoxy) is 1. The normalized spacial score (nSPS) is 11.6. The lowest BCUT2D eigenvalue weighted by atomic mass is 10.1. The Kier molecular flexibility index (Phi) is 15.3. The molecule has 0 aliphatic rings. The number of thiazole rings is 1. The van der Waals surface area contributed by atoms with E-state index in [0.717, 1.165) is 26.9 Å². The number of para-hydroxylation sites is 1. The van der Waals surface area contributed by atoms with E-state index in [1.54, 1.807) is 35.8 Å². The van der Waals surface area contributed by atoms with Gasteiger partial charge in [0.2, 0.25) is 15.9 Å². The van der Waals surface area contributed by atoms with Crippen LogP contribution in [0, 0.1) is 0 Å². The number of nitrogens with zero attached hydrogens (tertiary/aromatic N) is 2. The van der Waals surface area contributed by atoms with Crippen LogP contribution >= 0.6 is 22.7 Å². The lowest BCUT2D eigenvalue weighted by Gasteiger charge is -2.29. The van der Waals surface area contributed by atoms with E-state index in [1.165, 1.54) is 45.2 Å². The number of nitrogens with one attached hydrogen (secondary N) is 3. The molecule has 3 heterocycles. The summed E-state index contributed by atoms with van der Waals surface area (Å²) in [6, 6.07) is 38.1. The number of sulfonamides is 1. The van der Waals surface area contributed by atoms with Gasteiger partial charge < -0.3 is 25.5 Å². The summed E-state index contributed by atoms with van der Waals surface area (Å²) < 4.78 is 34.9. The van der Waals surface area contributed by atoms with Crippen LogP contribution in [0.1, 0.15) is 46.5 Å². The fourth-order valence-corrected chi connectivity index (χ4v) is 9.15. The van der Waals surface area contributed by atoms with Crippen molar-refractivity contribution in [3.8, 4) is 0 Å². The third kappa shape index (κ3) is 11.1. The number of aliphatic hydroxyl groups is 1. The van der Waals surface area contributed by atoms with Crippen molar-refractivity contribution in [2.75, 3.05) is 20.3 Å². The van der Waals surface area contributed by atoms with Gasteiger partial charge in [-0.2, -0.15) is 4.31 Å². The molecule has 11 nitrogen and oxygen atoms in total. The van der Waals surface area contributed by atoms with Crippen LogP contribution in [0.2, 0.25) is 0 Å². The Morgan fingerprint density at radius 1 is 0.875 bits per heavy atom. The molecule has 3 aromatic heterocycles. The van der Waals surface area contributed by atoms with Gasteiger partial charge in [0.1, 0.15) is 6.54 Å². The summed E-state index contributed by atoms with van der Waals surface area (Å²) in [7, 11) is -2.89. The predicted octanol–water partition coefficient (Wildman–Crippen LogP) is 8.04. The average Bonchev–Trinajstić information content (AvgIpc) is 4.01. The van der Waals surface area contributed by atoms with Crippen LogP contribution in [0.4, 0.5) is 4.79 Å². The summed E-state index contributed by atoms with van der Waals surface area (Å²) >= 11 is 2.70. The topological polar surface area (TPSA) is 154 Å². The van der Waals surface area contributed by atoms with Crippen molar-refractivity contribution < 1.29 is 27.9 Å². The van der Waals surface area contributed by atoms with E-state index < -0.39 is 34.7 Å². The third-order valence-electron chi connectivity index (χ3n) is 8.48. The van der Waals surface area contributed by atoms with Gasteiger partial charge in [0.25, 0.3) is 0 Å². The highest BCUT2D eigenvalue weighted by molar-refractivity contribution is 7.89. The van der Waals surface area contributed by atoms with Crippen LogP contribution in [0.3, 0.4) is 0 Å². The van der Waals surface area contributed by atoms with Gasteiger partial charge in [-0.25, -0.2) is 18.2 Å². The van der Waals surface area contributed by atoms with Crippen LogP contribution in [0.5, 0.6) is 0 Å². The Balaban J connectivity index is 0.000000334. The number of fused-ring (bicyclic) bond motifs is 2. The second kappa shape index (κ2) is 20.5. The first kappa shape index (κ1) is 41.8. The lowest BCUT2D eigenvalue weighted by molar-refractivity contribution is -0.120. The van der Waals surface area contributed by atoms with Crippen molar-refractivity contribution >= 4 is 65.8 Å². The monoisotopic (exact) mass is 811 g/mol. The first-order valence-corrected chi connectivity index (χ1v) is 21.1. The standard InChI is InChI=1S/C27H27N5O6S3.C13H12.C2H6/c1-38-27(35)29-13-26(34)28-12-19-6-8-25(40-19)23(15-33)32(14-18-10-17-4-2-3-5-21(17)31-18)41(36,37)20-7-9-24-22(11-20)30-16-39-24;1-3-7-12(8-4-1)11-13-9-5-2-6-10-13;1-2/h2-11,16,23,31,33H,12-15H2,1H3,(H,28,34)(H,29,35);1-10H,11H2;1-2H3. The van der Waals surface area contributed by atoms with Crippen molar-refractivity contribution in [3.05, 3.63) is 153 Å². The lowest BCUT2D eigenvalue weighted by Crippen LogP contribution is -2.36. The molecule has 0 fully saturated rings. The van der Waals surface area contributed by atoms with Gasteiger partial charge >= 0.3 is 6.09 Å². The molecule has 14 heteroatoms. The molecule has 1 atom stereocenters. The molecule has 1 unspecified atom stereocenters. The number of hydrogen-bond acceptors (Lipinski definition) is 9. The minimum absolute atomic E-state index is 0.0134. The molecule has 0 radical (unpaired) electrons. The summed E-state index contributed by atoms with van der Waals surface area (Å²) in [6.45, 7) is 3.44. The fraction of sp³-hybridized carbons (Fsp3) is 0.214. The van der Waals surface area contributed by atoms with Gasteiger partial charge in [0.15, 0.2) is 0 Å². The summed E-state index contributed by atoms with van der Waals surface area (Å²) in [6.07, 6.45) is 0.316. The molecule has 4 aromatic carbocycles. The number of amides is 2. The molecule has 0 aliphatic heterocycles. The zero-order valence-corrected chi connectivity index (χ0v) is 33.8. The first-order valence-electron chi connectivity index (χ1n) is 18.0. The SMILES string of the molecule is CC.COC(=O)NCC(=O)NCc1ccc(C(CO)N(Cc2cc3ccccc3[nH]2)S(=O)(=O)c2ccc3scnc3c2)s1.c1ccc(Cc2ccccc2)cc1. The Bertz CT molecular complexity index is 2340. The number of aliphatic hydroxyl groups excluding tert-OH is 1. The van der Waals surface area contributed by atoms with Gasteiger partial charge in [-0.15, -0.1) is 22.7 Å². The van der Waals surface area contributed by atoms with Gasteiger partial charge in [-0.3, -0.25) is 4.79 Å². The van der Waals surface area contributed by atoms with Crippen LogP contribution < -0.4 is 10.6 Å². The van der Waals surface area contributed by atoms with E-state index in [1.807, 2.05) is 44.2 Å². The minimum Gasteiger partial charge on any atom is -0.453 e. The van der Waals surface area contributed by atoms with Crippen LogP contribution in [0.25, 0.3) is 21.1 Å². The summed E-state index contributed by atoms with van der Waals surface area (Å²) in [5, 5.41) is 16.5. The maximum absolute atomic E-state index is 14.1. The fourth-order valence-electron chi connectivity index (χ4n) is 5.77. The van der Waals surface area contributed by atoms with Crippen LogP contribution in [-0.4, -0.2) is 60.1 Å². The predicted molar refractivity (Wildman–Crippen MR) is 224 cm³/mol. The van der Waals surface area contributed by atoms with E-state index >= 15 is 0 Å². The van der Waals surface area contributed by atoms with Crippen molar-refractivity contribution in [1.29, 1.82) is 0 Å². The van der Waals surface area contributed by atoms with Crippen molar-refractivity contribution in [1.82, 2.24) is 24.9 Å². The number of benzene rings is 4.